The molecule has 0 saturated carbocycles. The van der Waals surface area contributed by atoms with Crippen LogP contribution in [0.15, 0.2) is 12.3 Å². The van der Waals surface area contributed by atoms with E-state index in [1.54, 1.807) is 13.3 Å². The molecule has 0 spiro atoms. The molecule has 2 saturated heterocycles. The van der Waals surface area contributed by atoms with Crippen LogP contribution in [0.4, 0.5) is 0 Å². The smallest absolute Gasteiger partial charge is 0.213 e. The molecule has 2 aliphatic heterocycles. The minimum atomic E-state index is 0.158. The lowest BCUT2D eigenvalue weighted by atomic mass is 9.76. The van der Waals surface area contributed by atoms with Crippen LogP contribution < -0.4 is 4.74 Å². The number of carbonyl (C=O) groups excluding carboxylic acids is 1. The highest BCUT2D eigenvalue weighted by molar-refractivity contribution is 5.99. The van der Waals surface area contributed by atoms with Crippen molar-refractivity contribution >= 4 is 5.78 Å². The van der Waals surface area contributed by atoms with Crippen LogP contribution in [-0.4, -0.2) is 41.9 Å². The van der Waals surface area contributed by atoms with Crippen molar-refractivity contribution in [2.45, 2.75) is 51.1 Å². The number of ether oxygens (including phenoxy) is 1. The number of hydrogen-bond donors (Lipinski definition) is 0. The van der Waals surface area contributed by atoms with E-state index >= 15 is 0 Å². The average molecular weight is 288 g/mol. The maximum atomic E-state index is 12.9. The molecule has 21 heavy (non-hydrogen) atoms. The average Bonchev–Trinajstić information content (AvgIpc) is 2.46. The SMILES string of the molecule is COc1cc(C)c(C(=O)C2CC3CCCC(C2)N3C)cn1. The molecule has 114 valence electrons. The molecule has 3 heterocycles. The molecule has 2 unspecified atom stereocenters. The molecule has 4 nitrogen and oxygen atoms in total. The Kier molecular flexibility index (Phi) is 3.98. The molecule has 2 aliphatic rings. The lowest BCUT2D eigenvalue weighted by molar-refractivity contribution is 0.0338. The number of rotatable bonds is 3. The number of fused-ring (bicyclic) bond motifs is 2. The number of aryl methyl sites for hydroxylation is 1. The highest BCUT2D eigenvalue weighted by Crippen LogP contribution is 2.37. The molecule has 0 N–H and O–H groups in total. The Balaban J connectivity index is 1.79. The largest absolute Gasteiger partial charge is 0.481 e. The van der Waals surface area contributed by atoms with Gasteiger partial charge in [0.05, 0.1) is 7.11 Å². The normalized spacial score (nSPS) is 29.2. The van der Waals surface area contributed by atoms with Crippen LogP contribution in [0.1, 0.15) is 48.0 Å². The monoisotopic (exact) mass is 288 g/mol. The van der Waals surface area contributed by atoms with Crippen molar-refractivity contribution in [2.24, 2.45) is 5.92 Å². The molecule has 0 aromatic carbocycles. The summed E-state index contributed by atoms with van der Waals surface area (Å²) < 4.78 is 5.12. The Hall–Kier alpha value is -1.42. The molecule has 4 heteroatoms. The maximum absolute atomic E-state index is 12.9. The lowest BCUT2D eigenvalue weighted by Gasteiger charge is -2.46. The molecule has 2 atom stereocenters. The molecule has 2 fully saturated rings. The third-order valence-corrected chi connectivity index (χ3v) is 5.27. The summed E-state index contributed by atoms with van der Waals surface area (Å²) >= 11 is 0. The van der Waals surface area contributed by atoms with Gasteiger partial charge in [-0.1, -0.05) is 6.42 Å². The Morgan fingerprint density at radius 1 is 1.33 bits per heavy atom. The second-order valence-corrected chi connectivity index (χ2v) is 6.48. The maximum Gasteiger partial charge on any atom is 0.213 e. The highest BCUT2D eigenvalue weighted by atomic mass is 16.5. The number of carbonyl (C=O) groups is 1. The van der Waals surface area contributed by atoms with Gasteiger partial charge >= 0.3 is 0 Å². The number of nitrogens with zero attached hydrogens (tertiary/aromatic N) is 2. The van der Waals surface area contributed by atoms with Crippen molar-refractivity contribution in [1.82, 2.24) is 9.88 Å². The first-order valence-electron chi connectivity index (χ1n) is 7.87. The van der Waals surface area contributed by atoms with E-state index in [-0.39, 0.29) is 11.7 Å². The van der Waals surface area contributed by atoms with Crippen LogP contribution in [0.5, 0.6) is 5.88 Å². The van der Waals surface area contributed by atoms with Gasteiger partial charge in [0.1, 0.15) is 0 Å². The van der Waals surface area contributed by atoms with Crippen LogP contribution >= 0.6 is 0 Å². The van der Waals surface area contributed by atoms with Gasteiger partial charge in [0, 0.05) is 35.8 Å². The minimum absolute atomic E-state index is 0.158. The second-order valence-electron chi connectivity index (χ2n) is 6.48. The van der Waals surface area contributed by atoms with E-state index in [9.17, 15) is 4.79 Å². The number of aromatic nitrogens is 1. The summed E-state index contributed by atoms with van der Waals surface area (Å²) in [6.45, 7) is 1.97. The summed E-state index contributed by atoms with van der Waals surface area (Å²) in [4.78, 5) is 19.6. The summed E-state index contributed by atoms with van der Waals surface area (Å²) in [5.74, 6) is 1.00. The van der Waals surface area contributed by atoms with Gasteiger partial charge in [0.2, 0.25) is 5.88 Å². The van der Waals surface area contributed by atoms with Crippen molar-refractivity contribution in [3.05, 3.63) is 23.4 Å². The number of piperidine rings is 2. The molecule has 0 radical (unpaired) electrons. The van der Waals surface area contributed by atoms with Crippen molar-refractivity contribution in [3.63, 3.8) is 0 Å². The summed E-state index contributed by atoms with van der Waals surface area (Å²) in [6, 6.07) is 3.01. The van der Waals surface area contributed by atoms with Gasteiger partial charge in [-0.15, -0.1) is 0 Å². The van der Waals surface area contributed by atoms with Crippen LogP contribution in [0.3, 0.4) is 0 Å². The molecule has 2 bridgehead atoms. The Morgan fingerprint density at radius 3 is 2.57 bits per heavy atom. The highest BCUT2D eigenvalue weighted by Gasteiger charge is 2.39. The zero-order chi connectivity index (χ0) is 15.0. The number of ketones is 1. The van der Waals surface area contributed by atoms with Gasteiger partial charge in [0.25, 0.3) is 0 Å². The quantitative estimate of drug-likeness (QED) is 0.802. The summed E-state index contributed by atoms with van der Waals surface area (Å²) in [6.07, 6.45) is 7.45. The summed E-state index contributed by atoms with van der Waals surface area (Å²) in [5, 5.41) is 0. The second kappa shape index (κ2) is 5.76. The Morgan fingerprint density at radius 2 is 2.00 bits per heavy atom. The van der Waals surface area contributed by atoms with Crippen molar-refractivity contribution in [1.29, 1.82) is 0 Å². The number of methoxy groups -OCH3 is 1. The Bertz CT molecular complexity index is 530. The van der Waals surface area contributed by atoms with Crippen LogP contribution in [0.2, 0.25) is 0 Å². The Labute approximate surface area is 126 Å². The first-order valence-corrected chi connectivity index (χ1v) is 7.87. The predicted molar refractivity (Wildman–Crippen MR) is 81.8 cm³/mol. The van der Waals surface area contributed by atoms with Gasteiger partial charge in [-0.25, -0.2) is 4.98 Å². The number of Topliss-reactive ketones (excluding diaryl/α,β-unsaturated/α-hetero) is 1. The molecule has 1 aromatic heterocycles. The molecule has 3 rings (SSSR count). The molecule has 1 aromatic rings. The standard InChI is InChI=1S/C17H24N2O2/c1-11-7-16(21-3)18-10-15(11)17(20)12-8-13-5-4-6-14(9-12)19(13)2/h7,10,12-14H,4-6,8-9H2,1-3H3. The van der Waals surface area contributed by atoms with E-state index in [1.165, 1.54) is 19.3 Å². The van der Waals surface area contributed by atoms with Crippen molar-refractivity contribution in [3.8, 4) is 5.88 Å². The van der Waals surface area contributed by atoms with E-state index < -0.39 is 0 Å². The molecule has 0 amide bonds. The van der Waals surface area contributed by atoms with E-state index in [1.807, 2.05) is 13.0 Å². The van der Waals surface area contributed by atoms with E-state index in [0.29, 0.717) is 18.0 Å². The predicted octanol–water partition coefficient (Wildman–Crippen LogP) is 2.84. The summed E-state index contributed by atoms with van der Waals surface area (Å²) in [5.41, 5.74) is 1.74. The first kappa shape index (κ1) is 14.5. The molecule has 0 aliphatic carbocycles. The van der Waals surface area contributed by atoms with Gasteiger partial charge in [-0.05, 0) is 45.2 Å². The van der Waals surface area contributed by atoms with Crippen molar-refractivity contribution in [2.75, 3.05) is 14.2 Å². The number of pyridine rings is 1. The van der Waals surface area contributed by atoms with Crippen LogP contribution in [0.25, 0.3) is 0 Å². The summed E-state index contributed by atoms with van der Waals surface area (Å²) in [7, 11) is 3.82. The topological polar surface area (TPSA) is 42.4 Å². The minimum Gasteiger partial charge on any atom is -0.481 e. The van der Waals surface area contributed by atoms with Crippen molar-refractivity contribution < 1.29 is 9.53 Å². The van der Waals surface area contributed by atoms with Gasteiger partial charge in [0.15, 0.2) is 5.78 Å². The van der Waals surface area contributed by atoms with Gasteiger partial charge in [-0.2, -0.15) is 0 Å². The fourth-order valence-corrected chi connectivity index (χ4v) is 3.95. The first-order chi connectivity index (χ1) is 10.1. The fourth-order valence-electron chi connectivity index (χ4n) is 3.95. The third-order valence-electron chi connectivity index (χ3n) is 5.27. The fraction of sp³-hybridized carbons (Fsp3) is 0.647. The van der Waals surface area contributed by atoms with Crippen LogP contribution in [-0.2, 0) is 0 Å². The lowest BCUT2D eigenvalue weighted by Crippen LogP contribution is -2.51. The zero-order valence-electron chi connectivity index (χ0n) is 13.1. The molecular weight excluding hydrogens is 264 g/mol. The molecular formula is C17H24N2O2. The van der Waals surface area contributed by atoms with Gasteiger partial charge < -0.3 is 9.64 Å². The van der Waals surface area contributed by atoms with E-state index in [4.69, 9.17) is 4.74 Å². The van der Waals surface area contributed by atoms with E-state index in [2.05, 4.69) is 16.9 Å². The number of hydrogen-bond acceptors (Lipinski definition) is 4. The van der Waals surface area contributed by atoms with E-state index in [0.717, 1.165) is 24.0 Å². The van der Waals surface area contributed by atoms with Crippen LogP contribution in [0, 0.1) is 12.8 Å². The van der Waals surface area contributed by atoms with Gasteiger partial charge in [-0.3, -0.25) is 4.79 Å². The third kappa shape index (κ3) is 2.69. The zero-order valence-corrected chi connectivity index (χ0v) is 13.1.